The van der Waals surface area contributed by atoms with Gasteiger partial charge in [-0.2, -0.15) is 5.10 Å². The van der Waals surface area contributed by atoms with Gasteiger partial charge in [0, 0.05) is 11.4 Å². The van der Waals surface area contributed by atoms with Crippen LogP contribution in [0.2, 0.25) is 0 Å². The Morgan fingerprint density at radius 2 is 1.88 bits per heavy atom. The molecule has 6 nitrogen and oxygen atoms in total. The Bertz CT molecular complexity index is 725. The van der Waals surface area contributed by atoms with Crippen molar-refractivity contribution in [3.63, 3.8) is 0 Å². The number of rotatable bonds is 7. The molecule has 1 N–H and O–H groups in total. The van der Waals surface area contributed by atoms with Crippen molar-refractivity contribution in [3.05, 3.63) is 47.3 Å². The van der Waals surface area contributed by atoms with Gasteiger partial charge in [-0.1, -0.05) is 11.8 Å². The van der Waals surface area contributed by atoms with Gasteiger partial charge in [0.05, 0.1) is 18.1 Å². The Morgan fingerprint density at radius 1 is 1.24 bits per heavy atom. The highest BCUT2D eigenvalue weighted by atomic mass is 32.2. The number of aromatic nitrogens is 2. The molecule has 0 bridgehead atoms. The molecule has 0 aliphatic rings. The fourth-order valence-electron chi connectivity index (χ4n) is 2.00. The summed E-state index contributed by atoms with van der Waals surface area (Å²) in [4.78, 5) is 20.4. The first-order valence-electron chi connectivity index (χ1n) is 7.96. The number of hydrazone groups is 1. The summed E-state index contributed by atoms with van der Waals surface area (Å²) < 4.78 is 5.57. The molecule has 0 aliphatic carbocycles. The van der Waals surface area contributed by atoms with E-state index in [1.54, 1.807) is 6.21 Å². The van der Waals surface area contributed by atoms with E-state index in [-0.39, 0.29) is 17.8 Å². The number of thioether (sulfide) groups is 1. The van der Waals surface area contributed by atoms with E-state index >= 15 is 0 Å². The highest BCUT2D eigenvalue weighted by molar-refractivity contribution is 7.99. The van der Waals surface area contributed by atoms with E-state index in [1.165, 1.54) is 11.8 Å². The molecule has 0 fully saturated rings. The summed E-state index contributed by atoms with van der Waals surface area (Å²) in [6.45, 7) is 7.76. The number of aryl methyl sites for hydroxylation is 2. The van der Waals surface area contributed by atoms with Gasteiger partial charge in [-0.05, 0) is 63.6 Å². The Labute approximate surface area is 152 Å². The number of benzene rings is 1. The zero-order valence-corrected chi connectivity index (χ0v) is 15.6. The fraction of sp³-hybridized carbons (Fsp3) is 0.333. The zero-order valence-electron chi connectivity index (χ0n) is 14.8. The third-order valence-electron chi connectivity index (χ3n) is 2.95. The molecule has 0 radical (unpaired) electrons. The molecule has 2 aromatic rings. The van der Waals surface area contributed by atoms with E-state index in [4.69, 9.17) is 4.74 Å². The minimum absolute atomic E-state index is 0.137. The van der Waals surface area contributed by atoms with Crippen LogP contribution in [-0.4, -0.2) is 33.9 Å². The smallest absolute Gasteiger partial charge is 0.250 e. The van der Waals surface area contributed by atoms with Gasteiger partial charge in [0.1, 0.15) is 5.75 Å². The summed E-state index contributed by atoms with van der Waals surface area (Å²) in [7, 11) is 0. The van der Waals surface area contributed by atoms with Crippen molar-refractivity contribution >= 4 is 23.9 Å². The molecule has 0 aliphatic heterocycles. The maximum absolute atomic E-state index is 11.8. The van der Waals surface area contributed by atoms with Gasteiger partial charge in [-0.25, -0.2) is 15.4 Å². The molecule has 1 aromatic carbocycles. The number of ether oxygens (including phenoxy) is 1. The molecule has 0 unspecified atom stereocenters. The summed E-state index contributed by atoms with van der Waals surface area (Å²) in [5.41, 5.74) is 5.15. The normalized spacial score (nSPS) is 11.1. The van der Waals surface area contributed by atoms with Crippen LogP contribution in [0.3, 0.4) is 0 Å². The van der Waals surface area contributed by atoms with E-state index in [0.717, 1.165) is 22.7 Å². The summed E-state index contributed by atoms with van der Waals surface area (Å²) in [6, 6.07) is 9.40. The SMILES string of the molecule is Cc1cc(C)nc(SCC(=O)N/N=C\c2ccc(OC(C)C)cc2)n1. The quantitative estimate of drug-likeness (QED) is 0.356. The molecule has 1 aromatic heterocycles. The van der Waals surface area contributed by atoms with Crippen LogP contribution in [0.4, 0.5) is 0 Å². The third-order valence-corrected chi connectivity index (χ3v) is 3.80. The Kier molecular flexibility index (Phi) is 6.94. The summed E-state index contributed by atoms with van der Waals surface area (Å²) in [6.07, 6.45) is 1.73. The van der Waals surface area contributed by atoms with Crippen LogP contribution >= 0.6 is 11.8 Å². The summed E-state index contributed by atoms with van der Waals surface area (Å²) >= 11 is 1.29. The highest BCUT2D eigenvalue weighted by Gasteiger charge is 2.05. The summed E-state index contributed by atoms with van der Waals surface area (Å²) in [5.74, 6) is 0.811. The first-order chi connectivity index (χ1) is 11.9. The average Bonchev–Trinajstić information content (AvgIpc) is 2.53. The fourth-order valence-corrected chi connectivity index (χ4v) is 2.75. The maximum Gasteiger partial charge on any atom is 0.250 e. The molecule has 1 amide bonds. The van der Waals surface area contributed by atoms with Gasteiger partial charge in [0.15, 0.2) is 5.16 Å². The lowest BCUT2D eigenvalue weighted by atomic mass is 10.2. The zero-order chi connectivity index (χ0) is 18.2. The lowest BCUT2D eigenvalue weighted by Gasteiger charge is -2.09. The lowest BCUT2D eigenvalue weighted by molar-refractivity contribution is -0.118. The van der Waals surface area contributed by atoms with Crippen molar-refractivity contribution in [2.75, 3.05) is 5.75 Å². The second kappa shape index (κ2) is 9.17. The molecule has 1 heterocycles. The first-order valence-corrected chi connectivity index (χ1v) is 8.94. The van der Waals surface area contributed by atoms with E-state index in [1.807, 2.05) is 58.0 Å². The lowest BCUT2D eigenvalue weighted by Crippen LogP contribution is -2.19. The van der Waals surface area contributed by atoms with Crippen molar-refractivity contribution in [2.45, 2.75) is 39.0 Å². The molecule has 0 saturated carbocycles. The number of amides is 1. The maximum atomic E-state index is 11.8. The van der Waals surface area contributed by atoms with Gasteiger partial charge in [0.2, 0.25) is 0 Å². The van der Waals surface area contributed by atoms with Gasteiger partial charge in [0.25, 0.3) is 5.91 Å². The Morgan fingerprint density at radius 3 is 2.48 bits per heavy atom. The molecule has 132 valence electrons. The molecule has 0 atom stereocenters. The number of nitrogens with zero attached hydrogens (tertiary/aromatic N) is 3. The largest absolute Gasteiger partial charge is 0.491 e. The predicted octanol–water partition coefficient (Wildman–Crippen LogP) is 3.12. The van der Waals surface area contributed by atoms with E-state index in [2.05, 4.69) is 20.5 Å². The molecule has 25 heavy (non-hydrogen) atoms. The van der Waals surface area contributed by atoms with E-state index in [9.17, 15) is 4.79 Å². The van der Waals surface area contributed by atoms with Gasteiger partial charge in [-0.3, -0.25) is 4.79 Å². The van der Waals surface area contributed by atoms with E-state index < -0.39 is 0 Å². The highest BCUT2D eigenvalue weighted by Crippen LogP contribution is 2.14. The molecular formula is C18H22N4O2S. The molecule has 0 spiro atoms. The minimum atomic E-state index is -0.205. The molecule has 0 saturated heterocycles. The van der Waals surface area contributed by atoms with Crippen molar-refractivity contribution in [1.29, 1.82) is 0 Å². The molecule has 2 rings (SSSR count). The molecular weight excluding hydrogens is 336 g/mol. The van der Waals surface area contributed by atoms with Crippen LogP contribution in [0, 0.1) is 13.8 Å². The number of carbonyl (C=O) groups excluding carboxylic acids is 1. The topological polar surface area (TPSA) is 76.5 Å². The van der Waals surface area contributed by atoms with Crippen LogP contribution in [0.25, 0.3) is 0 Å². The predicted molar refractivity (Wildman–Crippen MR) is 100 cm³/mol. The van der Waals surface area contributed by atoms with Crippen molar-refractivity contribution < 1.29 is 9.53 Å². The minimum Gasteiger partial charge on any atom is -0.491 e. The van der Waals surface area contributed by atoms with Gasteiger partial charge in [-0.15, -0.1) is 0 Å². The number of nitrogens with one attached hydrogen (secondary N) is 1. The molecule has 7 heteroatoms. The summed E-state index contributed by atoms with van der Waals surface area (Å²) in [5, 5.41) is 4.55. The van der Waals surface area contributed by atoms with Gasteiger partial charge >= 0.3 is 0 Å². The average molecular weight is 358 g/mol. The van der Waals surface area contributed by atoms with Crippen LogP contribution < -0.4 is 10.2 Å². The number of hydrogen-bond donors (Lipinski definition) is 1. The van der Waals surface area contributed by atoms with Crippen molar-refractivity contribution in [3.8, 4) is 5.75 Å². The monoisotopic (exact) mass is 358 g/mol. The van der Waals surface area contributed by atoms with Crippen LogP contribution in [0.5, 0.6) is 5.75 Å². The van der Waals surface area contributed by atoms with E-state index in [0.29, 0.717) is 5.16 Å². The van der Waals surface area contributed by atoms with Crippen LogP contribution in [0.1, 0.15) is 30.8 Å². The second-order valence-corrected chi connectivity index (χ2v) is 6.69. The third kappa shape index (κ3) is 6.93. The number of carbonyl (C=O) groups is 1. The van der Waals surface area contributed by atoms with Crippen molar-refractivity contribution in [2.24, 2.45) is 5.10 Å². The second-order valence-electron chi connectivity index (χ2n) is 5.75. The first kappa shape index (κ1) is 18.9. The Hall–Kier alpha value is -2.41. The van der Waals surface area contributed by atoms with Crippen LogP contribution in [0.15, 0.2) is 40.6 Å². The number of hydrogen-bond acceptors (Lipinski definition) is 6. The Balaban J connectivity index is 1.80. The van der Waals surface area contributed by atoms with Gasteiger partial charge < -0.3 is 4.74 Å². The van der Waals surface area contributed by atoms with Crippen molar-refractivity contribution in [1.82, 2.24) is 15.4 Å². The van der Waals surface area contributed by atoms with Crippen LogP contribution in [-0.2, 0) is 4.79 Å². The standard InChI is InChI=1S/C18H22N4O2S/c1-12(2)24-16-7-5-15(6-8-16)10-19-22-17(23)11-25-18-20-13(3)9-14(4)21-18/h5-10,12H,11H2,1-4H3,(H,22,23)/b19-10-.